The Morgan fingerprint density at radius 2 is 2.27 bits per heavy atom. The van der Waals surface area contributed by atoms with Gasteiger partial charge < -0.3 is 15.7 Å². The van der Waals surface area contributed by atoms with Crippen molar-refractivity contribution >= 4 is 11.7 Å². The van der Waals surface area contributed by atoms with Crippen LogP contribution in [-0.2, 0) is 0 Å². The molecule has 1 aromatic carbocycles. The fraction of sp³-hybridized carbons (Fsp3) is 0.300. The Kier molecular flexibility index (Phi) is 4.05. The highest BCUT2D eigenvalue weighted by atomic mass is 19.1. The molecule has 0 saturated carbocycles. The van der Waals surface area contributed by atoms with Crippen molar-refractivity contribution in [3.8, 4) is 0 Å². The first-order chi connectivity index (χ1) is 7.13. The van der Waals surface area contributed by atoms with Gasteiger partial charge in [0.05, 0.1) is 6.61 Å². The van der Waals surface area contributed by atoms with E-state index < -0.39 is 11.8 Å². The van der Waals surface area contributed by atoms with Gasteiger partial charge in [-0.3, -0.25) is 0 Å². The van der Waals surface area contributed by atoms with Gasteiger partial charge in [-0.2, -0.15) is 0 Å². The number of hydrogen-bond donors (Lipinski definition) is 3. The van der Waals surface area contributed by atoms with Crippen LogP contribution >= 0.6 is 0 Å². The van der Waals surface area contributed by atoms with Gasteiger partial charge in [0, 0.05) is 12.2 Å². The number of halogens is 1. The number of urea groups is 1. The molecule has 0 bridgehead atoms. The van der Waals surface area contributed by atoms with Crippen LogP contribution in [-0.4, -0.2) is 24.3 Å². The lowest BCUT2D eigenvalue weighted by molar-refractivity contribution is 0.245. The van der Waals surface area contributed by atoms with Crippen LogP contribution < -0.4 is 10.6 Å². The van der Waals surface area contributed by atoms with Crippen LogP contribution in [0.2, 0.25) is 0 Å². The molecule has 0 fully saturated rings. The van der Waals surface area contributed by atoms with E-state index in [1.54, 1.807) is 13.0 Å². The predicted octanol–water partition coefficient (Wildman–Crippen LogP) is 1.25. The molecule has 1 aromatic rings. The van der Waals surface area contributed by atoms with E-state index >= 15 is 0 Å². The lowest BCUT2D eigenvalue weighted by Crippen LogP contribution is -2.31. The Labute approximate surface area is 87.1 Å². The quantitative estimate of drug-likeness (QED) is 0.706. The Hall–Kier alpha value is -1.62. The minimum absolute atomic E-state index is 0.129. The molecule has 15 heavy (non-hydrogen) atoms. The van der Waals surface area contributed by atoms with Gasteiger partial charge in [-0.05, 0) is 24.6 Å². The molecule has 0 aliphatic carbocycles. The van der Waals surface area contributed by atoms with E-state index in [1.807, 2.05) is 0 Å². The molecule has 0 radical (unpaired) electrons. The van der Waals surface area contributed by atoms with Crippen LogP contribution in [0, 0.1) is 12.7 Å². The fourth-order valence-corrected chi connectivity index (χ4v) is 1.06. The van der Waals surface area contributed by atoms with Gasteiger partial charge >= 0.3 is 6.03 Å². The van der Waals surface area contributed by atoms with Crippen molar-refractivity contribution in [2.45, 2.75) is 6.92 Å². The molecule has 1 rings (SSSR count). The van der Waals surface area contributed by atoms with Crippen molar-refractivity contribution in [1.29, 1.82) is 0 Å². The van der Waals surface area contributed by atoms with Crippen LogP contribution in [0.4, 0.5) is 14.9 Å². The molecule has 82 valence electrons. The number of aryl methyl sites for hydroxylation is 1. The van der Waals surface area contributed by atoms with Gasteiger partial charge in [0.15, 0.2) is 0 Å². The SMILES string of the molecule is Cc1ccc(F)cc1NC(=O)NCCO. The number of hydrogen-bond acceptors (Lipinski definition) is 2. The van der Waals surface area contributed by atoms with E-state index in [9.17, 15) is 9.18 Å². The summed E-state index contributed by atoms with van der Waals surface area (Å²) in [5.41, 5.74) is 1.20. The maximum Gasteiger partial charge on any atom is 0.319 e. The number of benzene rings is 1. The first-order valence-corrected chi connectivity index (χ1v) is 4.55. The van der Waals surface area contributed by atoms with Crippen molar-refractivity contribution in [2.24, 2.45) is 0 Å². The van der Waals surface area contributed by atoms with E-state index in [0.717, 1.165) is 5.56 Å². The third-order valence-corrected chi connectivity index (χ3v) is 1.85. The number of carbonyl (C=O) groups excluding carboxylic acids is 1. The van der Waals surface area contributed by atoms with Gasteiger partial charge in [-0.1, -0.05) is 6.07 Å². The lowest BCUT2D eigenvalue weighted by Gasteiger charge is -2.08. The second kappa shape index (κ2) is 5.31. The molecule has 0 saturated heterocycles. The van der Waals surface area contributed by atoms with E-state index in [0.29, 0.717) is 5.69 Å². The summed E-state index contributed by atoms with van der Waals surface area (Å²) in [6.45, 7) is 1.80. The standard InChI is InChI=1S/C10H13FN2O2/c1-7-2-3-8(11)6-9(7)13-10(15)12-4-5-14/h2-3,6,14H,4-5H2,1H3,(H2,12,13,15). The molecule has 5 heteroatoms. The summed E-state index contributed by atoms with van der Waals surface area (Å²) < 4.78 is 12.8. The summed E-state index contributed by atoms with van der Waals surface area (Å²) >= 11 is 0. The number of rotatable bonds is 3. The summed E-state index contributed by atoms with van der Waals surface area (Å²) in [7, 11) is 0. The number of amides is 2. The highest BCUT2D eigenvalue weighted by Crippen LogP contribution is 2.15. The second-order valence-electron chi connectivity index (χ2n) is 3.06. The monoisotopic (exact) mass is 212 g/mol. The summed E-state index contributed by atoms with van der Waals surface area (Å²) in [6, 6.07) is 3.69. The largest absolute Gasteiger partial charge is 0.395 e. The van der Waals surface area contributed by atoms with E-state index in [1.165, 1.54) is 12.1 Å². The molecular weight excluding hydrogens is 199 g/mol. The van der Waals surface area contributed by atoms with Crippen molar-refractivity contribution in [2.75, 3.05) is 18.5 Å². The first kappa shape index (κ1) is 11.5. The molecule has 0 aromatic heterocycles. The molecular formula is C10H13FN2O2. The summed E-state index contributed by atoms with van der Waals surface area (Å²) in [4.78, 5) is 11.2. The Morgan fingerprint density at radius 1 is 1.53 bits per heavy atom. The van der Waals surface area contributed by atoms with E-state index in [4.69, 9.17) is 5.11 Å². The number of anilines is 1. The van der Waals surface area contributed by atoms with Crippen molar-refractivity contribution in [1.82, 2.24) is 5.32 Å². The highest BCUT2D eigenvalue weighted by molar-refractivity contribution is 5.89. The van der Waals surface area contributed by atoms with Crippen molar-refractivity contribution < 1.29 is 14.3 Å². The van der Waals surface area contributed by atoms with Crippen molar-refractivity contribution in [3.05, 3.63) is 29.6 Å². The maximum atomic E-state index is 12.8. The molecule has 0 heterocycles. The zero-order valence-electron chi connectivity index (χ0n) is 8.38. The third kappa shape index (κ3) is 3.55. The van der Waals surface area contributed by atoms with Crippen molar-refractivity contribution in [3.63, 3.8) is 0 Å². The van der Waals surface area contributed by atoms with Gasteiger partial charge in [-0.25, -0.2) is 9.18 Å². The normalized spacial score (nSPS) is 9.80. The van der Waals surface area contributed by atoms with Crippen LogP contribution in [0.1, 0.15) is 5.56 Å². The molecule has 0 unspecified atom stereocenters. The third-order valence-electron chi connectivity index (χ3n) is 1.85. The Balaban J connectivity index is 2.63. The highest BCUT2D eigenvalue weighted by Gasteiger charge is 2.04. The summed E-state index contributed by atoms with van der Waals surface area (Å²) in [6.07, 6.45) is 0. The summed E-state index contributed by atoms with van der Waals surface area (Å²) in [5, 5.41) is 13.4. The topological polar surface area (TPSA) is 61.4 Å². The van der Waals surface area contributed by atoms with Crippen LogP contribution in [0.5, 0.6) is 0 Å². The van der Waals surface area contributed by atoms with E-state index in [2.05, 4.69) is 10.6 Å². The number of nitrogens with one attached hydrogen (secondary N) is 2. The minimum atomic E-state index is -0.460. The molecule has 0 atom stereocenters. The average Bonchev–Trinajstić information content (AvgIpc) is 2.20. The van der Waals surface area contributed by atoms with E-state index in [-0.39, 0.29) is 13.2 Å². The van der Waals surface area contributed by atoms with Gasteiger partial charge in [-0.15, -0.1) is 0 Å². The number of carbonyl (C=O) groups is 1. The number of aliphatic hydroxyl groups is 1. The molecule has 3 N–H and O–H groups in total. The molecule has 0 aliphatic rings. The minimum Gasteiger partial charge on any atom is -0.395 e. The number of aliphatic hydroxyl groups excluding tert-OH is 1. The van der Waals surface area contributed by atoms with Crippen LogP contribution in [0.15, 0.2) is 18.2 Å². The zero-order chi connectivity index (χ0) is 11.3. The van der Waals surface area contributed by atoms with Gasteiger partial charge in [0.2, 0.25) is 0 Å². The second-order valence-corrected chi connectivity index (χ2v) is 3.06. The predicted molar refractivity (Wildman–Crippen MR) is 55.2 cm³/mol. The van der Waals surface area contributed by atoms with Gasteiger partial charge in [0.1, 0.15) is 5.82 Å². The Morgan fingerprint density at radius 3 is 2.93 bits per heavy atom. The molecule has 4 nitrogen and oxygen atoms in total. The molecule has 0 aliphatic heterocycles. The van der Waals surface area contributed by atoms with Crippen LogP contribution in [0.25, 0.3) is 0 Å². The summed E-state index contributed by atoms with van der Waals surface area (Å²) in [5.74, 6) is -0.405. The smallest absolute Gasteiger partial charge is 0.319 e. The Bertz CT molecular complexity index is 355. The lowest BCUT2D eigenvalue weighted by atomic mass is 10.2. The molecule has 0 spiro atoms. The van der Waals surface area contributed by atoms with Crippen LogP contribution in [0.3, 0.4) is 0 Å². The average molecular weight is 212 g/mol. The maximum absolute atomic E-state index is 12.8. The zero-order valence-corrected chi connectivity index (χ0v) is 8.38. The van der Waals surface area contributed by atoms with Gasteiger partial charge in [0.25, 0.3) is 0 Å². The first-order valence-electron chi connectivity index (χ1n) is 4.55. The fourth-order valence-electron chi connectivity index (χ4n) is 1.06. The molecule has 2 amide bonds.